The Kier molecular flexibility index (Phi) is 3.00. The van der Waals surface area contributed by atoms with Gasteiger partial charge < -0.3 is 9.84 Å². The van der Waals surface area contributed by atoms with E-state index >= 15 is 0 Å². The maximum Gasteiger partial charge on any atom is 0.122 e. The Morgan fingerprint density at radius 3 is 2.79 bits per heavy atom. The molecule has 0 unspecified atom stereocenters. The number of hydrogen-bond acceptors (Lipinski definition) is 2. The highest BCUT2D eigenvalue weighted by Crippen LogP contribution is 2.47. The molecule has 102 valence electrons. The summed E-state index contributed by atoms with van der Waals surface area (Å²) in [6.07, 6.45) is 4.31. The highest BCUT2D eigenvalue weighted by molar-refractivity contribution is 5.67. The van der Waals surface area contributed by atoms with E-state index in [9.17, 15) is 9.50 Å². The van der Waals surface area contributed by atoms with Gasteiger partial charge in [-0.2, -0.15) is 0 Å². The third-order valence-electron chi connectivity index (χ3n) is 4.15. The van der Waals surface area contributed by atoms with Crippen LogP contribution < -0.4 is 4.74 Å². The molecule has 2 nitrogen and oxygen atoms in total. The van der Waals surface area contributed by atoms with Crippen molar-refractivity contribution < 1.29 is 14.2 Å². The van der Waals surface area contributed by atoms with Crippen molar-refractivity contribution in [2.24, 2.45) is 0 Å². The van der Waals surface area contributed by atoms with Gasteiger partial charge in [0, 0.05) is 12.0 Å². The fourth-order valence-corrected chi connectivity index (χ4v) is 2.80. The first-order valence-electron chi connectivity index (χ1n) is 6.88. The van der Waals surface area contributed by atoms with E-state index < -0.39 is 5.67 Å². The standard InChI is InChI=1S/C16H19FO2/c1-19-13-5-6-14-11(9-13)3-2-4-12(15(14)18)10-16(17)7-8-16/h5-6,9,18H,2-4,7-8,10H2,1H3. The van der Waals surface area contributed by atoms with Crippen LogP contribution in [0.25, 0.3) is 5.76 Å². The molecular formula is C16H19FO2. The molecule has 1 aromatic carbocycles. The van der Waals surface area contributed by atoms with E-state index in [0.717, 1.165) is 41.7 Å². The number of methoxy groups -OCH3 is 1. The number of aliphatic hydroxyl groups excluding tert-OH is 1. The van der Waals surface area contributed by atoms with Crippen LogP contribution in [0.1, 0.15) is 43.2 Å². The van der Waals surface area contributed by atoms with Crippen LogP contribution in [-0.4, -0.2) is 17.9 Å². The average Bonchev–Trinajstić information content (AvgIpc) is 3.16. The van der Waals surface area contributed by atoms with Crippen LogP contribution in [0.5, 0.6) is 5.75 Å². The van der Waals surface area contributed by atoms with E-state index in [4.69, 9.17) is 4.74 Å². The largest absolute Gasteiger partial charge is 0.507 e. The molecule has 0 heterocycles. The van der Waals surface area contributed by atoms with Gasteiger partial charge in [0.15, 0.2) is 0 Å². The molecule has 1 aromatic rings. The lowest BCUT2D eigenvalue weighted by Gasteiger charge is -2.12. The summed E-state index contributed by atoms with van der Waals surface area (Å²) in [5, 5.41) is 10.4. The molecule has 3 heteroatoms. The molecule has 0 bridgehead atoms. The van der Waals surface area contributed by atoms with Gasteiger partial charge in [0.2, 0.25) is 0 Å². The van der Waals surface area contributed by atoms with Crippen molar-refractivity contribution in [1.82, 2.24) is 0 Å². The van der Waals surface area contributed by atoms with Gasteiger partial charge in [-0.1, -0.05) is 0 Å². The van der Waals surface area contributed by atoms with Gasteiger partial charge >= 0.3 is 0 Å². The topological polar surface area (TPSA) is 29.5 Å². The lowest BCUT2D eigenvalue weighted by atomic mass is 10.00. The van der Waals surface area contributed by atoms with E-state index in [-0.39, 0.29) is 0 Å². The molecule has 0 aromatic heterocycles. The lowest BCUT2D eigenvalue weighted by Crippen LogP contribution is -2.03. The quantitative estimate of drug-likeness (QED) is 0.885. The molecule has 0 saturated heterocycles. The predicted octanol–water partition coefficient (Wildman–Crippen LogP) is 4.19. The summed E-state index contributed by atoms with van der Waals surface area (Å²) >= 11 is 0. The fourth-order valence-electron chi connectivity index (χ4n) is 2.80. The zero-order valence-electron chi connectivity index (χ0n) is 11.2. The summed E-state index contributed by atoms with van der Waals surface area (Å²) in [6, 6.07) is 5.70. The Balaban J connectivity index is 1.96. The van der Waals surface area contributed by atoms with E-state index in [0.29, 0.717) is 25.0 Å². The van der Waals surface area contributed by atoms with Crippen LogP contribution in [0.2, 0.25) is 0 Å². The number of ether oxygens (including phenoxy) is 1. The summed E-state index contributed by atoms with van der Waals surface area (Å²) in [7, 11) is 1.64. The Hall–Kier alpha value is -1.51. The molecular weight excluding hydrogens is 243 g/mol. The van der Waals surface area contributed by atoms with Crippen LogP contribution in [0.15, 0.2) is 23.8 Å². The maximum atomic E-state index is 13.9. The van der Waals surface area contributed by atoms with Gasteiger partial charge in [-0.25, -0.2) is 4.39 Å². The van der Waals surface area contributed by atoms with Crippen LogP contribution >= 0.6 is 0 Å². The smallest absolute Gasteiger partial charge is 0.122 e. The van der Waals surface area contributed by atoms with E-state index in [1.165, 1.54) is 0 Å². The molecule has 0 spiro atoms. The summed E-state index contributed by atoms with van der Waals surface area (Å²) in [4.78, 5) is 0. The van der Waals surface area contributed by atoms with E-state index in [1.807, 2.05) is 18.2 Å². The lowest BCUT2D eigenvalue weighted by molar-refractivity contribution is 0.302. The van der Waals surface area contributed by atoms with Crippen molar-refractivity contribution in [1.29, 1.82) is 0 Å². The number of allylic oxidation sites excluding steroid dienone is 1. The first kappa shape index (κ1) is 12.5. The number of alkyl halides is 1. The van der Waals surface area contributed by atoms with Gasteiger partial charge in [-0.3, -0.25) is 0 Å². The normalized spacial score (nSPS) is 20.7. The van der Waals surface area contributed by atoms with Crippen molar-refractivity contribution in [2.45, 2.75) is 44.2 Å². The predicted molar refractivity (Wildman–Crippen MR) is 73.2 cm³/mol. The van der Waals surface area contributed by atoms with E-state index in [1.54, 1.807) is 7.11 Å². The summed E-state index contributed by atoms with van der Waals surface area (Å²) in [5.41, 5.74) is 1.78. The molecule has 2 aliphatic carbocycles. The molecule has 0 aliphatic heterocycles. The first-order valence-corrected chi connectivity index (χ1v) is 6.88. The molecule has 1 N–H and O–H groups in total. The van der Waals surface area contributed by atoms with Crippen LogP contribution in [0.4, 0.5) is 4.39 Å². The monoisotopic (exact) mass is 262 g/mol. The summed E-state index contributed by atoms with van der Waals surface area (Å²) < 4.78 is 19.1. The molecule has 1 saturated carbocycles. The van der Waals surface area contributed by atoms with Crippen molar-refractivity contribution >= 4 is 5.76 Å². The minimum Gasteiger partial charge on any atom is -0.507 e. The van der Waals surface area contributed by atoms with Gasteiger partial charge in [-0.15, -0.1) is 0 Å². The van der Waals surface area contributed by atoms with Crippen LogP contribution in [0, 0.1) is 0 Å². The highest BCUT2D eigenvalue weighted by Gasteiger charge is 2.44. The van der Waals surface area contributed by atoms with Crippen molar-refractivity contribution in [3.8, 4) is 5.75 Å². The number of hydrogen-bond donors (Lipinski definition) is 1. The Morgan fingerprint density at radius 1 is 1.32 bits per heavy atom. The zero-order valence-corrected chi connectivity index (χ0v) is 11.2. The minimum absolute atomic E-state index is 0.291. The number of halogens is 1. The number of benzene rings is 1. The first-order chi connectivity index (χ1) is 9.11. The second-order valence-electron chi connectivity index (χ2n) is 5.66. The summed E-state index contributed by atoms with van der Waals surface area (Å²) in [6.45, 7) is 0. The molecule has 0 atom stereocenters. The van der Waals surface area contributed by atoms with Crippen molar-refractivity contribution in [3.05, 3.63) is 34.9 Å². The molecule has 0 amide bonds. The van der Waals surface area contributed by atoms with Gasteiger partial charge in [0.25, 0.3) is 0 Å². The second kappa shape index (κ2) is 4.55. The average molecular weight is 262 g/mol. The number of aliphatic hydroxyl groups is 1. The molecule has 1 fully saturated rings. The Morgan fingerprint density at radius 2 is 2.11 bits per heavy atom. The third kappa shape index (κ3) is 2.46. The second-order valence-corrected chi connectivity index (χ2v) is 5.66. The van der Waals surface area contributed by atoms with E-state index in [2.05, 4.69) is 0 Å². The van der Waals surface area contributed by atoms with Gasteiger partial charge in [0.05, 0.1) is 7.11 Å². The Labute approximate surface area is 112 Å². The SMILES string of the molecule is COc1ccc2c(c1)CCCC(CC1(F)CC1)=C2O. The maximum absolute atomic E-state index is 13.9. The Bertz CT molecular complexity index is 530. The van der Waals surface area contributed by atoms with Gasteiger partial charge in [0.1, 0.15) is 17.2 Å². The number of rotatable bonds is 3. The minimum atomic E-state index is -1.04. The van der Waals surface area contributed by atoms with Gasteiger partial charge in [-0.05, 0) is 61.4 Å². The number of aryl methyl sites for hydroxylation is 1. The van der Waals surface area contributed by atoms with Crippen molar-refractivity contribution in [3.63, 3.8) is 0 Å². The van der Waals surface area contributed by atoms with Crippen molar-refractivity contribution in [2.75, 3.05) is 7.11 Å². The zero-order chi connectivity index (χ0) is 13.5. The number of fused-ring (bicyclic) bond motifs is 1. The highest BCUT2D eigenvalue weighted by atomic mass is 19.1. The molecule has 3 rings (SSSR count). The molecule has 0 radical (unpaired) electrons. The molecule has 19 heavy (non-hydrogen) atoms. The third-order valence-corrected chi connectivity index (χ3v) is 4.15. The fraction of sp³-hybridized carbons (Fsp3) is 0.500. The molecule has 2 aliphatic rings. The van der Waals surface area contributed by atoms with Crippen LogP contribution in [0.3, 0.4) is 0 Å². The summed E-state index contributed by atoms with van der Waals surface area (Å²) in [5.74, 6) is 1.10. The van der Waals surface area contributed by atoms with Crippen LogP contribution in [-0.2, 0) is 6.42 Å².